The Morgan fingerprint density at radius 3 is 2.15 bits per heavy atom. The molecule has 1 aliphatic rings. The first-order chi connectivity index (χ1) is 9.55. The molecule has 1 fully saturated rings. The molecule has 0 aromatic carbocycles. The first-order valence-corrected chi connectivity index (χ1v) is 7.12. The molecule has 0 aliphatic heterocycles. The van der Waals surface area contributed by atoms with Gasteiger partial charge in [-0.05, 0) is 19.8 Å². The van der Waals surface area contributed by atoms with E-state index in [1.165, 1.54) is 7.11 Å². The van der Waals surface area contributed by atoms with Crippen molar-refractivity contribution < 1.29 is 19.0 Å². The van der Waals surface area contributed by atoms with Crippen LogP contribution in [0.5, 0.6) is 0 Å². The van der Waals surface area contributed by atoms with Gasteiger partial charge >= 0.3 is 5.97 Å². The van der Waals surface area contributed by atoms with Crippen LogP contribution in [0.1, 0.15) is 19.8 Å². The molecule has 118 valence electrons. The number of rotatable bonds is 11. The number of carbonyl (C=O) groups excluding carboxylic acids is 1. The van der Waals surface area contributed by atoms with Crippen molar-refractivity contribution in [2.45, 2.75) is 31.3 Å². The highest BCUT2D eigenvalue weighted by Gasteiger charge is 2.40. The highest BCUT2D eigenvalue weighted by Crippen LogP contribution is 2.23. The van der Waals surface area contributed by atoms with E-state index >= 15 is 0 Å². The lowest BCUT2D eigenvalue weighted by molar-refractivity contribution is -0.149. The number of nitrogens with one attached hydrogen (secondary N) is 1. The van der Waals surface area contributed by atoms with Gasteiger partial charge in [-0.15, -0.1) is 0 Å². The second-order valence-corrected chi connectivity index (χ2v) is 5.50. The lowest BCUT2D eigenvalue weighted by atomic mass is 10.0. The van der Waals surface area contributed by atoms with Gasteiger partial charge in [-0.3, -0.25) is 15.0 Å². The maximum Gasteiger partial charge on any atom is 0.327 e. The standard InChI is InChI=1S/C14H28N2O4/c1-14(13(17)20-4,15-12-5-6-12)11-16(7-9-18-2)8-10-19-3/h12,15H,5-11H2,1-4H3. The number of methoxy groups -OCH3 is 3. The Labute approximate surface area is 121 Å². The monoisotopic (exact) mass is 288 g/mol. The van der Waals surface area contributed by atoms with Crippen LogP contribution in [0.2, 0.25) is 0 Å². The molecule has 0 spiro atoms. The van der Waals surface area contributed by atoms with Crippen molar-refractivity contribution in [1.82, 2.24) is 10.2 Å². The molecule has 0 aromatic heterocycles. The van der Waals surface area contributed by atoms with Crippen molar-refractivity contribution in [3.8, 4) is 0 Å². The van der Waals surface area contributed by atoms with Crippen LogP contribution >= 0.6 is 0 Å². The highest BCUT2D eigenvalue weighted by molar-refractivity contribution is 5.80. The first kappa shape index (κ1) is 17.4. The van der Waals surface area contributed by atoms with Crippen LogP contribution in [0.3, 0.4) is 0 Å². The van der Waals surface area contributed by atoms with Gasteiger partial charge in [0.2, 0.25) is 0 Å². The maximum absolute atomic E-state index is 12.1. The van der Waals surface area contributed by atoms with Crippen molar-refractivity contribution in [3.63, 3.8) is 0 Å². The summed E-state index contributed by atoms with van der Waals surface area (Å²) in [6.45, 7) is 5.28. The summed E-state index contributed by atoms with van der Waals surface area (Å²) in [4.78, 5) is 14.3. The summed E-state index contributed by atoms with van der Waals surface area (Å²) in [5.74, 6) is -0.218. The van der Waals surface area contributed by atoms with Gasteiger partial charge in [0.05, 0.1) is 20.3 Å². The van der Waals surface area contributed by atoms with Gasteiger partial charge in [0, 0.05) is 39.9 Å². The number of nitrogens with zero attached hydrogens (tertiary/aromatic N) is 1. The minimum atomic E-state index is -0.683. The summed E-state index contributed by atoms with van der Waals surface area (Å²) in [5.41, 5.74) is -0.683. The summed E-state index contributed by atoms with van der Waals surface area (Å²) in [6, 6.07) is 0.436. The molecule has 0 bridgehead atoms. The normalized spacial score (nSPS) is 18.1. The number of ether oxygens (including phenoxy) is 3. The third-order valence-corrected chi connectivity index (χ3v) is 3.50. The molecule has 1 N–H and O–H groups in total. The van der Waals surface area contributed by atoms with E-state index in [1.54, 1.807) is 14.2 Å². The zero-order valence-electron chi connectivity index (χ0n) is 13.1. The third-order valence-electron chi connectivity index (χ3n) is 3.50. The molecule has 1 unspecified atom stereocenters. The summed E-state index contributed by atoms with van der Waals surface area (Å²) < 4.78 is 15.2. The summed E-state index contributed by atoms with van der Waals surface area (Å²) in [5, 5.41) is 3.40. The van der Waals surface area contributed by atoms with Crippen molar-refractivity contribution in [3.05, 3.63) is 0 Å². The fraction of sp³-hybridized carbons (Fsp3) is 0.929. The lowest BCUT2D eigenvalue weighted by Gasteiger charge is -2.34. The predicted molar refractivity (Wildman–Crippen MR) is 76.8 cm³/mol. The topological polar surface area (TPSA) is 60.0 Å². The molecule has 20 heavy (non-hydrogen) atoms. The van der Waals surface area contributed by atoms with E-state index in [2.05, 4.69) is 10.2 Å². The summed E-state index contributed by atoms with van der Waals surface area (Å²) >= 11 is 0. The fourth-order valence-electron chi connectivity index (χ4n) is 2.23. The zero-order chi connectivity index (χ0) is 15.0. The quantitative estimate of drug-likeness (QED) is 0.551. The lowest BCUT2D eigenvalue weighted by Crippen LogP contribution is -2.58. The molecule has 0 saturated heterocycles. The molecule has 1 rings (SSSR count). The Bertz CT molecular complexity index is 289. The molecular weight excluding hydrogens is 260 g/mol. The van der Waals surface area contributed by atoms with Gasteiger partial charge < -0.3 is 14.2 Å². The Balaban J connectivity index is 2.63. The molecule has 6 nitrogen and oxygen atoms in total. The van der Waals surface area contributed by atoms with Crippen LogP contribution in [0.4, 0.5) is 0 Å². The molecule has 1 aliphatic carbocycles. The van der Waals surface area contributed by atoms with Gasteiger partial charge in [0.15, 0.2) is 0 Å². The van der Waals surface area contributed by atoms with Crippen molar-refractivity contribution in [1.29, 1.82) is 0 Å². The minimum Gasteiger partial charge on any atom is -0.468 e. The predicted octanol–water partition coefficient (Wildman–Crippen LogP) is 0.265. The Hall–Kier alpha value is -0.690. The van der Waals surface area contributed by atoms with Crippen LogP contribution in [0, 0.1) is 0 Å². The largest absolute Gasteiger partial charge is 0.468 e. The highest BCUT2D eigenvalue weighted by atomic mass is 16.5. The molecular formula is C14H28N2O4. The first-order valence-electron chi connectivity index (χ1n) is 7.12. The van der Waals surface area contributed by atoms with E-state index in [-0.39, 0.29) is 5.97 Å². The van der Waals surface area contributed by atoms with Gasteiger partial charge in [0.1, 0.15) is 5.54 Å². The average Bonchev–Trinajstić information content (AvgIpc) is 3.24. The second kappa shape index (κ2) is 8.56. The summed E-state index contributed by atoms with van der Waals surface area (Å²) in [6.07, 6.45) is 2.26. The van der Waals surface area contributed by atoms with Gasteiger partial charge in [-0.1, -0.05) is 0 Å². The molecule has 0 heterocycles. The Kier molecular flexibility index (Phi) is 7.43. The molecule has 0 aromatic rings. The van der Waals surface area contributed by atoms with Crippen LogP contribution in [-0.4, -0.2) is 76.6 Å². The minimum absolute atomic E-state index is 0.218. The zero-order valence-corrected chi connectivity index (χ0v) is 13.1. The Morgan fingerprint density at radius 1 is 1.20 bits per heavy atom. The van der Waals surface area contributed by atoms with E-state index in [0.29, 0.717) is 25.8 Å². The van der Waals surface area contributed by atoms with Gasteiger partial charge in [0.25, 0.3) is 0 Å². The second-order valence-electron chi connectivity index (χ2n) is 5.50. The molecule has 1 atom stereocenters. The van der Waals surface area contributed by atoms with Crippen molar-refractivity contribution in [2.24, 2.45) is 0 Å². The molecule has 6 heteroatoms. The molecule has 0 radical (unpaired) electrons. The third kappa shape index (κ3) is 5.75. The fourth-order valence-corrected chi connectivity index (χ4v) is 2.23. The van der Waals surface area contributed by atoms with E-state index in [0.717, 1.165) is 25.9 Å². The van der Waals surface area contributed by atoms with Crippen molar-refractivity contribution in [2.75, 3.05) is 54.2 Å². The van der Waals surface area contributed by atoms with Gasteiger partial charge in [-0.2, -0.15) is 0 Å². The van der Waals surface area contributed by atoms with E-state index in [4.69, 9.17) is 14.2 Å². The van der Waals surface area contributed by atoms with Crippen LogP contribution < -0.4 is 5.32 Å². The van der Waals surface area contributed by atoms with E-state index in [1.807, 2.05) is 6.92 Å². The Morgan fingerprint density at radius 2 is 1.75 bits per heavy atom. The van der Waals surface area contributed by atoms with Crippen LogP contribution in [0.15, 0.2) is 0 Å². The van der Waals surface area contributed by atoms with Crippen LogP contribution in [0.25, 0.3) is 0 Å². The number of hydrogen-bond acceptors (Lipinski definition) is 6. The number of hydrogen-bond donors (Lipinski definition) is 1. The maximum atomic E-state index is 12.1. The number of esters is 1. The van der Waals surface area contributed by atoms with Crippen LogP contribution in [-0.2, 0) is 19.0 Å². The van der Waals surface area contributed by atoms with E-state index < -0.39 is 5.54 Å². The SMILES string of the molecule is COCCN(CCOC)CC(C)(NC1CC1)C(=O)OC. The molecule has 0 amide bonds. The smallest absolute Gasteiger partial charge is 0.327 e. The number of carbonyl (C=O) groups is 1. The van der Waals surface area contributed by atoms with Gasteiger partial charge in [-0.25, -0.2) is 0 Å². The average molecular weight is 288 g/mol. The molecule has 1 saturated carbocycles. The van der Waals surface area contributed by atoms with E-state index in [9.17, 15) is 4.79 Å². The van der Waals surface area contributed by atoms with Crippen molar-refractivity contribution >= 4 is 5.97 Å². The summed E-state index contributed by atoms with van der Waals surface area (Å²) in [7, 11) is 4.79.